The number of carbonyl (C=O) groups excluding carboxylic acids is 1. The van der Waals surface area contributed by atoms with Crippen LogP contribution in [0.3, 0.4) is 0 Å². The lowest BCUT2D eigenvalue weighted by Crippen LogP contribution is -2.00. The Morgan fingerprint density at radius 1 is 2.00 bits per heavy atom. The summed E-state index contributed by atoms with van der Waals surface area (Å²) < 4.78 is 0. The van der Waals surface area contributed by atoms with E-state index in [1.807, 2.05) is 0 Å². The van der Waals surface area contributed by atoms with Crippen LogP contribution in [0.15, 0.2) is 12.7 Å². The minimum atomic E-state index is -0.176. The van der Waals surface area contributed by atoms with E-state index in [9.17, 15) is 4.79 Å². The van der Waals surface area contributed by atoms with Gasteiger partial charge in [0, 0.05) is 5.92 Å². The zero-order chi connectivity index (χ0) is 6.57. The van der Waals surface area contributed by atoms with Crippen LogP contribution in [0.5, 0.6) is 0 Å². The molecule has 0 aliphatic heterocycles. The molecule has 0 amide bonds. The van der Waals surface area contributed by atoms with Gasteiger partial charge in [-0.2, -0.15) is 0 Å². The molecule has 0 N–H and O–H groups in total. The van der Waals surface area contributed by atoms with E-state index >= 15 is 0 Å². The third-order valence-corrected chi connectivity index (χ3v) is 1.32. The normalized spacial score (nSPS) is 12.6. The second-order valence-corrected chi connectivity index (χ2v) is 2.15. The quantitative estimate of drug-likeness (QED) is 0.532. The molecular formula is C6H9OS. The molecule has 0 aromatic rings. The summed E-state index contributed by atoms with van der Waals surface area (Å²) in [6, 6.07) is 0. The van der Waals surface area contributed by atoms with Gasteiger partial charge >= 0.3 is 0 Å². The van der Waals surface area contributed by atoms with Crippen LogP contribution in [0.2, 0.25) is 0 Å². The first-order chi connectivity index (χ1) is 3.68. The fourth-order valence-electron chi connectivity index (χ4n) is 0.346. The van der Waals surface area contributed by atoms with E-state index in [0.717, 1.165) is 0 Å². The van der Waals surface area contributed by atoms with Crippen molar-refractivity contribution in [2.45, 2.75) is 13.3 Å². The van der Waals surface area contributed by atoms with Crippen molar-refractivity contribution in [3.63, 3.8) is 0 Å². The Morgan fingerprint density at radius 2 is 2.50 bits per heavy atom. The molecule has 0 bridgehead atoms. The first-order valence-electron chi connectivity index (χ1n) is 2.50. The van der Waals surface area contributed by atoms with E-state index in [1.165, 1.54) is 0 Å². The SMILES string of the molecule is C=CCC(C)C(=O)[S]. The molecule has 2 heteroatoms. The van der Waals surface area contributed by atoms with E-state index in [4.69, 9.17) is 0 Å². The highest BCUT2D eigenvalue weighted by Gasteiger charge is 2.05. The molecule has 8 heavy (non-hydrogen) atoms. The van der Waals surface area contributed by atoms with Crippen molar-refractivity contribution in [2.75, 3.05) is 0 Å². The van der Waals surface area contributed by atoms with Crippen LogP contribution in [0.4, 0.5) is 0 Å². The summed E-state index contributed by atoms with van der Waals surface area (Å²) in [6.07, 6.45) is 2.40. The van der Waals surface area contributed by atoms with Crippen LogP contribution in [0.1, 0.15) is 13.3 Å². The summed E-state index contributed by atoms with van der Waals surface area (Å²) in [5, 5.41) is -0.176. The van der Waals surface area contributed by atoms with E-state index < -0.39 is 0 Å². The van der Waals surface area contributed by atoms with Gasteiger partial charge in [-0.15, -0.1) is 6.58 Å². The molecule has 1 atom stereocenters. The highest BCUT2D eigenvalue weighted by molar-refractivity contribution is 7.96. The summed E-state index contributed by atoms with van der Waals surface area (Å²) in [4.78, 5) is 10.3. The molecular weight excluding hydrogens is 120 g/mol. The van der Waals surface area contributed by atoms with Crippen LogP contribution in [0, 0.1) is 5.92 Å². The van der Waals surface area contributed by atoms with Crippen molar-refractivity contribution in [3.05, 3.63) is 12.7 Å². The second kappa shape index (κ2) is 3.61. The Kier molecular flexibility index (Phi) is 3.44. The van der Waals surface area contributed by atoms with Gasteiger partial charge in [-0.25, -0.2) is 0 Å². The summed E-state index contributed by atoms with van der Waals surface area (Å²) in [5.41, 5.74) is 0. The number of carbonyl (C=O) groups is 1. The largest absolute Gasteiger partial charge is 0.282 e. The van der Waals surface area contributed by atoms with Crippen LogP contribution in [-0.4, -0.2) is 5.12 Å². The number of rotatable bonds is 3. The van der Waals surface area contributed by atoms with Crippen LogP contribution >= 0.6 is 12.6 Å². The van der Waals surface area contributed by atoms with E-state index in [0.29, 0.717) is 6.42 Å². The number of allylic oxidation sites excluding steroid dienone is 1. The predicted octanol–water partition coefficient (Wildman–Crippen LogP) is 1.92. The zero-order valence-corrected chi connectivity index (χ0v) is 5.70. The molecule has 1 radical (unpaired) electrons. The first-order valence-corrected chi connectivity index (χ1v) is 2.91. The highest BCUT2D eigenvalue weighted by atomic mass is 32.1. The molecule has 0 aliphatic rings. The maximum atomic E-state index is 10.3. The van der Waals surface area contributed by atoms with Crippen molar-refractivity contribution in [1.29, 1.82) is 0 Å². The Bertz CT molecular complexity index is 98.7. The van der Waals surface area contributed by atoms with Gasteiger partial charge in [-0.3, -0.25) is 4.79 Å². The van der Waals surface area contributed by atoms with Crippen molar-refractivity contribution in [1.82, 2.24) is 0 Å². The molecule has 0 aromatic heterocycles. The van der Waals surface area contributed by atoms with Crippen LogP contribution in [-0.2, 0) is 4.79 Å². The summed E-state index contributed by atoms with van der Waals surface area (Å²) >= 11 is 4.38. The van der Waals surface area contributed by atoms with Gasteiger partial charge in [-0.05, 0) is 19.0 Å². The van der Waals surface area contributed by atoms with E-state index in [-0.39, 0.29) is 11.0 Å². The molecule has 45 valence electrons. The smallest absolute Gasteiger partial charge is 0.221 e. The van der Waals surface area contributed by atoms with Crippen LogP contribution < -0.4 is 0 Å². The summed E-state index contributed by atoms with van der Waals surface area (Å²) in [7, 11) is 0. The fourth-order valence-corrected chi connectivity index (χ4v) is 0.442. The molecule has 0 saturated carbocycles. The van der Waals surface area contributed by atoms with Crippen molar-refractivity contribution >= 4 is 17.7 Å². The van der Waals surface area contributed by atoms with Gasteiger partial charge in [0.2, 0.25) is 5.12 Å². The Morgan fingerprint density at radius 3 is 2.62 bits per heavy atom. The minimum Gasteiger partial charge on any atom is -0.282 e. The van der Waals surface area contributed by atoms with Gasteiger partial charge in [0.1, 0.15) is 0 Å². The van der Waals surface area contributed by atoms with Gasteiger partial charge in [-0.1, -0.05) is 13.0 Å². The molecule has 0 aromatic carbocycles. The first kappa shape index (κ1) is 7.63. The maximum absolute atomic E-state index is 10.3. The maximum Gasteiger partial charge on any atom is 0.221 e. The Hall–Kier alpha value is -0.370. The molecule has 0 heterocycles. The van der Waals surface area contributed by atoms with Gasteiger partial charge < -0.3 is 0 Å². The monoisotopic (exact) mass is 129 g/mol. The molecule has 0 fully saturated rings. The second-order valence-electron chi connectivity index (χ2n) is 1.74. The zero-order valence-electron chi connectivity index (χ0n) is 4.89. The molecule has 0 spiro atoms. The average Bonchev–Trinajstić information content (AvgIpc) is 1.67. The third kappa shape index (κ3) is 2.75. The van der Waals surface area contributed by atoms with Crippen molar-refractivity contribution in [3.8, 4) is 0 Å². The van der Waals surface area contributed by atoms with Crippen LogP contribution in [0.25, 0.3) is 0 Å². The standard InChI is InChI=1S/C6H9OS/c1-3-4-5(2)6(7)8/h3,5H,1,4H2,2H3. The Balaban J connectivity index is 3.46. The van der Waals surface area contributed by atoms with Gasteiger partial charge in [0.05, 0.1) is 0 Å². The van der Waals surface area contributed by atoms with Crippen molar-refractivity contribution < 1.29 is 4.79 Å². The lowest BCUT2D eigenvalue weighted by molar-refractivity contribution is -0.113. The molecule has 0 rings (SSSR count). The molecule has 0 saturated heterocycles. The molecule has 1 unspecified atom stereocenters. The van der Waals surface area contributed by atoms with Gasteiger partial charge in [0.25, 0.3) is 0 Å². The topological polar surface area (TPSA) is 17.1 Å². The fraction of sp³-hybridized carbons (Fsp3) is 0.500. The molecule has 0 aliphatic carbocycles. The van der Waals surface area contributed by atoms with E-state index in [1.54, 1.807) is 13.0 Å². The number of hydrogen-bond acceptors (Lipinski definition) is 1. The minimum absolute atomic E-state index is 0.0255. The molecule has 1 nitrogen and oxygen atoms in total. The number of hydrogen-bond donors (Lipinski definition) is 0. The van der Waals surface area contributed by atoms with Gasteiger partial charge in [0.15, 0.2) is 0 Å². The van der Waals surface area contributed by atoms with Crippen molar-refractivity contribution in [2.24, 2.45) is 5.92 Å². The lowest BCUT2D eigenvalue weighted by Gasteiger charge is -1.97. The summed E-state index contributed by atoms with van der Waals surface area (Å²) in [6.45, 7) is 5.29. The lowest BCUT2D eigenvalue weighted by atomic mass is 10.1. The Labute approximate surface area is 55.2 Å². The average molecular weight is 129 g/mol. The highest BCUT2D eigenvalue weighted by Crippen LogP contribution is 2.04. The predicted molar refractivity (Wildman–Crippen MR) is 36.6 cm³/mol. The summed E-state index contributed by atoms with van der Waals surface area (Å²) in [5.74, 6) is -0.0255. The van der Waals surface area contributed by atoms with E-state index in [2.05, 4.69) is 19.2 Å². The third-order valence-electron chi connectivity index (χ3n) is 0.923.